The molecule has 0 bridgehead atoms. The highest BCUT2D eigenvalue weighted by Gasteiger charge is 2.54. The van der Waals surface area contributed by atoms with Gasteiger partial charge >= 0.3 is 0 Å². The summed E-state index contributed by atoms with van der Waals surface area (Å²) in [5.41, 5.74) is 3.06. The predicted octanol–water partition coefficient (Wildman–Crippen LogP) is 3.71. The van der Waals surface area contributed by atoms with E-state index in [1.165, 1.54) is 37.0 Å². The lowest BCUT2D eigenvalue weighted by Crippen LogP contribution is -2.15. The Bertz CT molecular complexity index is 723. The van der Waals surface area contributed by atoms with Gasteiger partial charge in [-0.25, -0.2) is 4.98 Å². The van der Waals surface area contributed by atoms with Crippen LogP contribution >= 0.6 is 11.3 Å². The van der Waals surface area contributed by atoms with E-state index < -0.39 is 0 Å². The zero-order valence-corrected chi connectivity index (χ0v) is 14.4. The highest BCUT2D eigenvalue weighted by Crippen LogP contribution is 2.55. The molecule has 2 aliphatic rings. The maximum Gasteiger partial charge on any atom is 0.229 e. The van der Waals surface area contributed by atoms with Crippen LogP contribution in [0.1, 0.15) is 38.3 Å². The van der Waals surface area contributed by atoms with Crippen molar-refractivity contribution in [2.45, 2.75) is 46.1 Å². The van der Waals surface area contributed by atoms with Crippen molar-refractivity contribution in [1.29, 1.82) is 0 Å². The van der Waals surface area contributed by atoms with Crippen LogP contribution in [0.15, 0.2) is 11.6 Å². The molecule has 6 heteroatoms. The number of anilines is 1. The Hall–Kier alpha value is -1.69. The van der Waals surface area contributed by atoms with Crippen molar-refractivity contribution in [3.05, 3.63) is 17.3 Å². The van der Waals surface area contributed by atoms with Gasteiger partial charge in [0.25, 0.3) is 0 Å². The first-order valence-corrected chi connectivity index (χ1v) is 9.36. The molecule has 5 nitrogen and oxygen atoms in total. The molecule has 0 radical (unpaired) electrons. The van der Waals surface area contributed by atoms with E-state index in [-0.39, 0.29) is 11.8 Å². The molecule has 1 N–H and O–H groups in total. The van der Waals surface area contributed by atoms with Crippen molar-refractivity contribution >= 4 is 22.4 Å². The van der Waals surface area contributed by atoms with Gasteiger partial charge in [0.2, 0.25) is 5.91 Å². The van der Waals surface area contributed by atoms with Crippen LogP contribution in [0.3, 0.4) is 0 Å². The Morgan fingerprint density at radius 2 is 2.13 bits per heavy atom. The van der Waals surface area contributed by atoms with Crippen LogP contribution in [0.2, 0.25) is 0 Å². The van der Waals surface area contributed by atoms with Gasteiger partial charge in [0.05, 0.1) is 11.9 Å². The molecule has 1 amide bonds. The fourth-order valence-corrected chi connectivity index (χ4v) is 4.76. The van der Waals surface area contributed by atoms with Crippen molar-refractivity contribution in [1.82, 2.24) is 14.8 Å². The summed E-state index contributed by atoms with van der Waals surface area (Å²) in [7, 11) is 0. The van der Waals surface area contributed by atoms with Crippen LogP contribution < -0.4 is 5.32 Å². The lowest BCUT2D eigenvalue weighted by Gasteiger charge is -2.04. The van der Waals surface area contributed by atoms with E-state index in [0.29, 0.717) is 17.0 Å². The zero-order valence-electron chi connectivity index (χ0n) is 13.6. The minimum absolute atomic E-state index is 0.170. The van der Waals surface area contributed by atoms with Crippen LogP contribution in [0.25, 0.3) is 11.3 Å². The molecule has 0 aliphatic heterocycles. The number of carbonyl (C=O) groups excluding carboxylic acids is 1. The van der Waals surface area contributed by atoms with Crippen LogP contribution in [0.5, 0.6) is 0 Å². The minimum atomic E-state index is 0.170. The molecule has 2 aromatic heterocycles. The monoisotopic (exact) mass is 330 g/mol. The Morgan fingerprint density at radius 3 is 2.78 bits per heavy atom. The molecule has 2 fully saturated rings. The van der Waals surface area contributed by atoms with E-state index in [4.69, 9.17) is 0 Å². The number of aromatic nitrogens is 3. The molecule has 2 aliphatic carbocycles. The lowest BCUT2D eigenvalue weighted by molar-refractivity contribution is -0.117. The second-order valence-corrected chi connectivity index (χ2v) is 7.48. The largest absolute Gasteiger partial charge is 0.302 e. The summed E-state index contributed by atoms with van der Waals surface area (Å²) >= 11 is 1.50. The van der Waals surface area contributed by atoms with Gasteiger partial charge in [-0.15, -0.1) is 11.3 Å². The SMILES string of the molecule is CCn1ncc(-c2csc(NC(=O)C3[C@@H]4CCCC[C@@H]34)n2)c1C. The second-order valence-electron chi connectivity index (χ2n) is 6.62. The molecule has 0 aromatic carbocycles. The summed E-state index contributed by atoms with van der Waals surface area (Å²) in [6.07, 6.45) is 6.87. The molecule has 23 heavy (non-hydrogen) atoms. The van der Waals surface area contributed by atoms with Gasteiger partial charge in [-0.1, -0.05) is 12.8 Å². The maximum absolute atomic E-state index is 12.4. The zero-order chi connectivity index (χ0) is 16.0. The van der Waals surface area contributed by atoms with E-state index >= 15 is 0 Å². The first kappa shape index (κ1) is 14.9. The van der Waals surface area contributed by atoms with E-state index in [0.717, 1.165) is 23.5 Å². The number of rotatable bonds is 4. The second kappa shape index (κ2) is 5.74. The topological polar surface area (TPSA) is 59.8 Å². The minimum Gasteiger partial charge on any atom is -0.302 e. The van der Waals surface area contributed by atoms with Gasteiger partial charge in [-0.2, -0.15) is 5.10 Å². The molecule has 4 rings (SSSR count). The Balaban J connectivity index is 1.46. The molecular formula is C17H22N4OS. The standard InChI is InChI=1S/C17H22N4OS/c1-3-21-10(2)13(8-18-21)14-9-23-17(19-14)20-16(22)15-11-6-4-5-7-12(11)15/h8-9,11-12,15H,3-7H2,1-2H3,(H,19,20,22)/t11-,12-/m1/s1. The molecule has 2 aromatic rings. The number of fused-ring (bicyclic) bond motifs is 1. The summed E-state index contributed by atoms with van der Waals surface area (Å²) < 4.78 is 1.96. The Kier molecular flexibility index (Phi) is 3.71. The number of nitrogens with zero attached hydrogens (tertiary/aromatic N) is 3. The summed E-state index contributed by atoms with van der Waals surface area (Å²) in [4.78, 5) is 17.0. The summed E-state index contributed by atoms with van der Waals surface area (Å²) in [6.45, 7) is 4.98. The van der Waals surface area contributed by atoms with Gasteiger partial charge in [-0.3, -0.25) is 9.48 Å². The molecule has 0 spiro atoms. The average molecular weight is 330 g/mol. The normalized spacial score (nSPS) is 25.9. The molecular weight excluding hydrogens is 308 g/mol. The summed E-state index contributed by atoms with van der Waals surface area (Å²) in [5, 5.41) is 10.1. The van der Waals surface area contributed by atoms with Crippen LogP contribution in [0.4, 0.5) is 5.13 Å². The third kappa shape index (κ3) is 2.59. The van der Waals surface area contributed by atoms with E-state index in [1.807, 2.05) is 16.3 Å². The van der Waals surface area contributed by atoms with Crippen LogP contribution in [-0.2, 0) is 11.3 Å². The fourth-order valence-electron chi connectivity index (χ4n) is 4.04. The third-order valence-electron chi connectivity index (χ3n) is 5.37. The van der Waals surface area contributed by atoms with E-state index in [1.54, 1.807) is 0 Å². The van der Waals surface area contributed by atoms with Crippen molar-refractivity contribution in [2.24, 2.45) is 17.8 Å². The summed E-state index contributed by atoms with van der Waals surface area (Å²) in [6, 6.07) is 0. The van der Waals surface area contributed by atoms with E-state index in [9.17, 15) is 4.79 Å². The number of thiazole rings is 1. The Labute approximate surface area is 140 Å². The molecule has 122 valence electrons. The highest BCUT2D eigenvalue weighted by molar-refractivity contribution is 7.14. The maximum atomic E-state index is 12.4. The van der Waals surface area contributed by atoms with Gasteiger partial charge in [0.1, 0.15) is 0 Å². The number of amides is 1. The van der Waals surface area contributed by atoms with Gasteiger partial charge in [-0.05, 0) is 38.5 Å². The Morgan fingerprint density at radius 1 is 1.39 bits per heavy atom. The van der Waals surface area contributed by atoms with Gasteiger partial charge in [0, 0.05) is 29.1 Å². The van der Waals surface area contributed by atoms with E-state index in [2.05, 4.69) is 29.2 Å². The van der Waals surface area contributed by atoms with Crippen LogP contribution in [-0.4, -0.2) is 20.7 Å². The van der Waals surface area contributed by atoms with Crippen LogP contribution in [0, 0.1) is 24.7 Å². The third-order valence-corrected chi connectivity index (χ3v) is 6.13. The number of hydrogen-bond donors (Lipinski definition) is 1. The number of hydrogen-bond acceptors (Lipinski definition) is 4. The number of nitrogens with one attached hydrogen (secondary N) is 1. The molecule has 2 saturated carbocycles. The average Bonchev–Trinajstić information content (AvgIpc) is 2.91. The van der Waals surface area contributed by atoms with Crippen molar-refractivity contribution < 1.29 is 4.79 Å². The van der Waals surface area contributed by atoms with Gasteiger partial charge < -0.3 is 5.32 Å². The number of carbonyl (C=O) groups is 1. The first-order chi connectivity index (χ1) is 11.2. The van der Waals surface area contributed by atoms with Crippen molar-refractivity contribution in [3.8, 4) is 11.3 Å². The predicted molar refractivity (Wildman–Crippen MR) is 91.3 cm³/mol. The molecule has 2 heterocycles. The van der Waals surface area contributed by atoms with Gasteiger partial charge in [0.15, 0.2) is 5.13 Å². The molecule has 0 saturated heterocycles. The lowest BCUT2D eigenvalue weighted by atomic mass is 10.0. The number of aryl methyl sites for hydroxylation is 1. The first-order valence-electron chi connectivity index (χ1n) is 8.48. The fraction of sp³-hybridized carbons (Fsp3) is 0.588. The highest BCUT2D eigenvalue weighted by atomic mass is 32.1. The quantitative estimate of drug-likeness (QED) is 0.929. The molecule has 2 atom stereocenters. The smallest absolute Gasteiger partial charge is 0.229 e. The van der Waals surface area contributed by atoms with Crippen molar-refractivity contribution in [3.63, 3.8) is 0 Å². The molecule has 0 unspecified atom stereocenters. The summed E-state index contributed by atoms with van der Waals surface area (Å²) in [5.74, 6) is 1.67. The van der Waals surface area contributed by atoms with Crippen molar-refractivity contribution in [2.75, 3.05) is 5.32 Å².